The van der Waals surface area contributed by atoms with Crippen molar-refractivity contribution < 1.29 is 19.4 Å². The molecule has 0 aromatic heterocycles. The average Bonchev–Trinajstić information content (AvgIpc) is 2.35. The van der Waals surface area contributed by atoms with Gasteiger partial charge in [-0.15, -0.1) is 0 Å². The Morgan fingerprint density at radius 1 is 1.39 bits per heavy atom. The van der Waals surface area contributed by atoms with Gasteiger partial charge in [-0.1, -0.05) is 17.7 Å². The molecule has 0 fully saturated rings. The molecule has 0 unspecified atom stereocenters. The lowest BCUT2D eigenvalue weighted by Crippen LogP contribution is -2.10. The van der Waals surface area contributed by atoms with E-state index in [9.17, 15) is 9.59 Å². The molecule has 0 aliphatic heterocycles. The van der Waals surface area contributed by atoms with E-state index in [0.717, 1.165) is 30.9 Å². The van der Waals surface area contributed by atoms with E-state index >= 15 is 0 Å². The van der Waals surface area contributed by atoms with Gasteiger partial charge in [0.15, 0.2) is 0 Å². The van der Waals surface area contributed by atoms with E-state index in [-0.39, 0.29) is 0 Å². The van der Waals surface area contributed by atoms with Gasteiger partial charge in [-0.3, -0.25) is 0 Å². The standard InChI is InChI=1S/C14H18O4/c1-11(7-9-13(15)16)18-14(17)10-8-12-5-3-2-4-6-12/h5,7-11H,2-4,6H2,1H3,(H,15,16)/b9-7+,10-8+/t11-/m1/s1. The molecule has 0 saturated heterocycles. The fourth-order valence-electron chi connectivity index (χ4n) is 1.67. The van der Waals surface area contributed by atoms with Gasteiger partial charge in [0.2, 0.25) is 0 Å². The lowest BCUT2D eigenvalue weighted by Gasteiger charge is -2.09. The van der Waals surface area contributed by atoms with Crippen molar-refractivity contribution in [1.82, 2.24) is 0 Å². The van der Waals surface area contributed by atoms with E-state index in [1.54, 1.807) is 13.0 Å². The summed E-state index contributed by atoms with van der Waals surface area (Å²) in [5.74, 6) is -1.51. The topological polar surface area (TPSA) is 63.6 Å². The lowest BCUT2D eigenvalue weighted by molar-refractivity contribution is -0.140. The SMILES string of the molecule is C[C@H](/C=C/C(=O)O)OC(=O)/C=C/C1=CCCCC1. The van der Waals surface area contributed by atoms with Crippen LogP contribution in [0.15, 0.2) is 36.0 Å². The van der Waals surface area contributed by atoms with Crippen LogP contribution in [0.1, 0.15) is 32.6 Å². The van der Waals surface area contributed by atoms with Crippen LogP contribution in [0.2, 0.25) is 0 Å². The first kappa shape index (κ1) is 14.2. The monoisotopic (exact) mass is 250 g/mol. The van der Waals surface area contributed by atoms with E-state index < -0.39 is 18.0 Å². The van der Waals surface area contributed by atoms with Crippen molar-refractivity contribution in [3.8, 4) is 0 Å². The Balaban J connectivity index is 2.38. The minimum Gasteiger partial charge on any atom is -0.478 e. The summed E-state index contributed by atoms with van der Waals surface area (Å²) in [5.41, 5.74) is 1.16. The maximum absolute atomic E-state index is 11.4. The fraction of sp³-hybridized carbons (Fsp3) is 0.429. The van der Waals surface area contributed by atoms with Crippen LogP contribution < -0.4 is 0 Å². The number of esters is 1. The number of carbonyl (C=O) groups is 2. The Morgan fingerprint density at radius 2 is 2.17 bits per heavy atom. The molecule has 4 nitrogen and oxygen atoms in total. The molecule has 0 bridgehead atoms. The summed E-state index contributed by atoms with van der Waals surface area (Å²) >= 11 is 0. The van der Waals surface area contributed by atoms with Crippen LogP contribution in [-0.4, -0.2) is 23.1 Å². The molecule has 0 aromatic rings. The van der Waals surface area contributed by atoms with Crippen LogP contribution in [-0.2, 0) is 14.3 Å². The highest BCUT2D eigenvalue weighted by Crippen LogP contribution is 2.18. The van der Waals surface area contributed by atoms with Gasteiger partial charge in [-0.05, 0) is 38.7 Å². The van der Waals surface area contributed by atoms with Crippen LogP contribution in [0, 0.1) is 0 Å². The zero-order valence-corrected chi connectivity index (χ0v) is 10.5. The molecule has 0 amide bonds. The zero-order valence-electron chi connectivity index (χ0n) is 10.5. The minimum absolute atomic E-state index is 0.455. The molecule has 1 rings (SSSR count). The number of aliphatic carboxylic acids is 1. The largest absolute Gasteiger partial charge is 0.478 e. The predicted octanol–water partition coefficient (Wildman–Crippen LogP) is 2.62. The molecule has 0 saturated carbocycles. The smallest absolute Gasteiger partial charge is 0.331 e. The number of carboxylic acids is 1. The van der Waals surface area contributed by atoms with Crippen LogP contribution in [0.5, 0.6) is 0 Å². The summed E-state index contributed by atoms with van der Waals surface area (Å²) in [5, 5.41) is 8.42. The molecule has 98 valence electrons. The predicted molar refractivity (Wildman–Crippen MR) is 68.0 cm³/mol. The second kappa shape index (κ2) is 7.48. The van der Waals surface area contributed by atoms with Crippen molar-refractivity contribution in [3.05, 3.63) is 36.0 Å². The van der Waals surface area contributed by atoms with Crippen molar-refractivity contribution in [2.45, 2.75) is 38.7 Å². The lowest BCUT2D eigenvalue weighted by atomic mass is 9.99. The number of hydrogen-bond acceptors (Lipinski definition) is 3. The number of ether oxygens (including phenoxy) is 1. The summed E-state index contributed by atoms with van der Waals surface area (Å²) in [7, 11) is 0. The third kappa shape index (κ3) is 6.03. The number of hydrogen-bond donors (Lipinski definition) is 1. The normalized spacial score (nSPS) is 17.7. The highest BCUT2D eigenvalue weighted by atomic mass is 16.5. The maximum Gasteiger partial charge on any atom is 0.331 e. The third-order valence-corrected chi connectivity index (χ3v) is 2.57. The van der Waals surface area contributed by atoms with Crippen molar-refractivity contribution >= 4 is 11.9 Å². The van der Waals surface area contributed by atoms with E-state index in [0.29, 0.717) is 0 Å². The minimum atomic E-state index is -1.05. The van der Waals surface area contributed by atoms with Gasteiger partial charge in [-0.25, -0.2) is 9.59 Å². The molecular weight excluding hydrogens is 232 g/mol. The summed E-state index contributed by atoms with van der Waals surface area (Å²) in [4.78, 5) is 21.7. The number of allylic oxidation sites excluding steroid dienone is 3. The van der Waals surface area contributed by atoms with Gasteiger partial charge in [0.05, 0.1) is 0 Å². The molecule has 0 radical (unpaired) electrons. The van der Waals surface area contributed by atoms with E-state index in [1.807, 2.05) is 0 Å². The molecule has 0 aromatic carbocycles. The molecule has 1 N–H and O–H groups in total. The molecular formula is C14H18O4. The van der Waals surface area contributed by atoms with E-state index in [2.05, 4.69) is 6.08 Å². The zero-order chi connectivity index (χ0) is 13.4. The van der Waals surface area contributed by atoms with Crippen LogP contribution in [0.25, 0.3) is 0 Å². The quantitative estimate of drug-likeness (QED) is 0.601. The summed E-state index contributed by atoms with van der Waals surface area (Å²) in [6, 6.07) is 0. The molecule has 1 aliphatic rings. The van der Waals surface area contributed by atoms with Gasteiger partial charge in [-0.2, -0.15) is 0 Å². The molecule has 1 atom stereocenters. The number of rotatable bonds is 5. The summed E-state index contributed by atoms with van der Waals surface area (Å²) in [6.45, 7) is 1.62. The van der Waals surface area contributed by atoms with Gasteiger partial charge in [0.25, 0.3) is 0 Å². The summed E-state index contributed by atoms with van der Waals surface area (Å²) in [6.07, 6.45) is 11.5. The highest BCUT2D eigenvalue weighted by Gasteiger charge is 2.05. The van der Waals surface area contributed by atoms with Gasteiger partial charge in [0, 0.05) is 12.2 Å². The average molecular weight is 250 g/mol. The first-order valence-electron chi connectivity index (χ1n) is 6.07. The van der Waals surface area contributed by atoms with Crippen molar-refractivity contribution in [2.24, 2.45) is 0 Å². The molecule has 0 spiro atoms. The van der Waals surface area contributed by atoms with Crippen molar-refractivity contribution in [1.29, 1.82) is 0 Å². The first-order valence-corrected chi connectivity index (χ1v) is 6.07. The van der Waals surface area contributed by atoms with Crippen LogP contribution >= 0.6 is 0 Å². The third-order valence-electron chi connectivity index (χ3n) is 2.57. The van der Waals surface area contributed by atoms with Crippen LogP contribution in [0.3, 0.4) is 0 Å². The summed E-state index contributed by atoms with van der Waals surface area (Å²) < 4.78 is 4.99. The molecule has 0 heterocycles. The van der Waals surface area contributed by atoms with E-state index in [4.69, 9.17) is 9.84 Å². The Labute approximate surface area is 107 Å². The van der Waals surface area contributed by atoms with Gasteiger partial charge >= 0.3 is 11.9 Å². The van der Waals surface area contributed by atoms with Crippen molar-refractivity contribution in [3.63, 3.8) is 0 Å². The second-order valence-corrected chi connectivity index (χ2v) is 4.20. The first-order chi connectivity index (χ1) is 8.58. The van der Waals surface area contributed by atoms with Gasteiger partial charge < -0.3 is 9.84 Å². The Hall–Kier alpha value is -1.84. The second-order valence-electron chi connectivity index (χ2n) is 4.20. The van der Waals surface area contributed by atoms with Crippen molar-refractivity contribution in [2.75, 3.05) is 0 Å². The maximum atomic E-state index is 11.4. The Bertz CT molecular complexity index is 391. The molecule has 4 heteroatoms. The Morgan fingerprint density at radius 3 is 2.78 bits per heavy atom. The highest BCUT2D eigenvalue weighted by molar-refractivity contribution is 5.83. The van der Waals surface area contributed by atoms with E-state index in [1.165, 1.54) is 18.6 Å². The Kier molecular flexibility index (Phi) is 5.91. The number of carboxylic acid groups (broad SMARTS) is 1. The molecule has 18 heavy (non-hydrogen) atoms. The number of carbonyl (C=O) groups excluding carboxylic acids is 1. The molecule has 1 aliphatic carbocycles. The van der Waals surface area contributed by atoms with Gasteiger partial charge in [0.1, 0.15) is 6.10 Å². The van der Waals surface area contributed by atoms with Crippen LogP contribution in [0.4, 0.5) is 0 Å². The fourth-order valence-corrected chi connectivity index (χ4v) is 1.67.